The van der Waals surface area contributed by atoms with Crippen LogP contribution in [0.4, 0.5) is 5.69 Å². The topological polar surface area (TPSA) is 38.8 Å². The fourth-order valence-corrected chi connectivity index (χ4v) is 4.00. The third-order valence-electron chi connectivity index (χ3n) is 4.02. The summed E-state index contributed by atoms with van der Waals surface area (Å²) in [6.45, 7) is 1.89. The molecule has 6 heteroatoms. The van der Waals surface area contributed by atoms with Crippen LogP contribution in [-0.4, -0.2) is 31.4 Å². The lowest BCUT2D eigenvalue weighted by atomic mass is 10.1. The van der Waals surface area contributed by atoms with E-state index in [4.69, 9.17) is 21.1 Å². The Hall–Kier alpha value is -1.85. The van der Waals surface area contributed by atoms with E-state index < -0.39 is 0 Å². The molecule has 2 aromatic carbocycles. The normalized spacial score (nSPS) is 16.3. The molecule has 0 saturated heterocycles. The molecule has 2 aromatic rings. The number of hydrogen-bond acceptors (Lipinski definition) is 4. The van der Waals surface area contributed by atoms with Crippen molar-refractivity contribution >= 4 is 35.0 Å². The highest BCUT2D eigenvalue weighted by Crippen LogP contribution is 2.38. The number of rotatable bonds is 1. The van der Waals surface area contributed by atoms with E-state index in [0.29, 0.717) is 41.8 Å². The minimum absolute atomic E-state index is 0.0468. The van der Waals surface area contributed by atoms with Gasteiger partial charge in [0.2, 0.25) is 0 Å². The summed E-state index contributed by atoms with van der Waals surface area (Å²) in [5, 5.41) is 0.632. The monoisotopic (exact) mass is 361 g/mol. The lowest BCUT2D eigenvalue weighted by molar-refractivity contribution is 0.0987. The fraction of sp³-hybridized carbons (Fsp3) is 0.278. The Morgan fingerprint density at radius 1 is 1.08 bits per heavy atom. The highest BCUT2D eigenvalue weighted by Gasteiger charge is 2.25. The maximum Gasteiger partial charge on any atom is 0.258 e. The van der Waals surface area contributed by atoms with Crippen LogP contribution in [0.2, 0.25) is 5.02 Å². The van der Waals surface area contributed by atoms with Gasteiger partial charge in [-0.25, -0.2) is 0 Å². The first-order valence-corrected chi connectivity index (χ1v) is 9.22. The molecule has 0 radical (unpaired) electrons. The van der Waals surface area contributed by atoms with Gasteiger partial charge in [-0.1, -0.05) is 11.6 Å². The summed E-state index contributed by atoms with van der Waals surface area (Å²) in [7, 11) is 0. The van der Waals surface area contributed by atoms with Gasteiger partial charge in [0.25, 0.3) is 5.91 Å². The van der Waals surface area contributed by atoms with Gasteiger partial charge < -0.3 is 14.4 Å². The van der Waals surface area contributed by atoms with Crippen molar-refractivity contribution in [1.29, 1.82) is 0 Å². The number of fused-ring (bicyclic) bond motifs is 2. The molecule has 4 rings (SSSR count). The molecule has 4 nitrogen and oxygen atoms in total. The van der Waals surface area contributed by atoms with Gasteiger partial charge in [-0.3, -0.25) is 4.79 Å². The van der Waals surface area contributed by atoms with E-state index in [0.717, 1.165) is 22.8 Å². The summed E-state index contributed by atoms with van der Waals surface area (Å²) < 4.78 is 11.3. The molecular weight excluding hydrogens is 346 g/mol. The van der Waals surface area contributed by atoms with Crippen LogP contribution in [0.15, 0.2) is 41.3 Å². The van der Waals surface area contributed by atoms with Gasteiger partial charge in [-0.15, -0.1) is 11.8 Å². The maximum absolute atomic E-state index is 13.0. The molecule has 0 fully saturated rings. The molecule has 1 amide bonds. The number of hydrogen-bond donors (Lipinski definition) is 0. The Morgan fingerprint density at radius 2 is 1.92 bits per heavy atom. The second-order valence-corrected chi connectivity index (χ2v) is 7.20. The lowest BCUT2D eigenvalue weighted by Gasteiger charge is -2.29. The number of nitrogens with zero attached hydrogens (tertiary/aromatic N) is 1. The summed E-state index contributed by atoms with van der Waals surface area (Å²) in [5.74, 6) is 2.15. The molecule has 2 heterocycles. The molecule has 124 valence electrons. The number of halogens is 1. The van der Waals surface area contributed by atoms with Gasteiger partial charge in [0.1, 0.15) is 0 Å². The van der Waals surface area contributed by atoms with Crippen LogP contribution in [0, 0.1) is 0 Å². The summed E-state index contributed by atoms with van der Waals surface area (Å²) in [6, 6.07) is 11.1. The zero-order valence-electron chi connectivity index (χ0n) is 13.0. The van der Waals surface area contributed by atoms with Crippen molar-refractivity contribution in [3.8, 4) is 11.5 Å². The fourth-order valence-electron chi connectivity index (χ4n) is 2.85. The van der Waals surface area contributed by atoms with Crippen molar-refractivity contribution in [2.45, 2.75) is 11.3 Å². The average Bonchev–Trinajstić information content (AvgIpc) is 2.85. The summed E-state index contributed by atoms with van der Waals surface area (Å²) in [6.07, 6.45) is 0.840. The maximum atomic E-state index is 13.0. The van der Waals surface area contributed by atoms with Crippen molar-refractivity contribution in [3.63, 3.8) is 0 Å². The highest BCUT2D eigenvalue weighted by molar-refractivity contribution is 7.99. The van der Waals surface area contributed by atoms with Gasteiger partial charge in [-0.2, -0.15) is 0 Å². The Bertz CT molecular complexity index is 796. The van der Waals surface area contributed by atoms with Crippen molar-refractivity contribution in [1.82, 2.24) is 0 Å². The minimum Gasteiger partial charge on any atom is -0.490 e. The van der Waals surface area contributed by atoms with Crippen molar-refractivity contribution in [2.24, 2.45) is 0 Å². The zero-order valence-corrected chi connectivity index (χ0v) is 14.5. The van der Waals surface area contributed by atoms with Crippen LogP contribution in [0.25, 0.3) is 0 Å². The summed E-state index contributed by atoms with van der Waals surface area (Å²) >= 11 is 7.86. The first-order valence-electron chi connectivity index (χ1n) is 7.86. The Balaban J connectivity index is 1.68. The Morgan fingerprint density at radius 3 is 2.79 bits per heavy atom. The Labute approximate surface area is 149 Å². The number of carbonyl (C=O) groups excluding carboxylic acids is 1. The molecule has 0 atom stereocenters. The van der Waals surface area contributed by atoms with Crippen molar-refractivity contribution in [3.05, 3.63) is 47.0 Å². The van der Waals surface area contributed by atoms with E-state index in [1.54, 1.807) is 28.8 Å². The number of ether oxygens (including phenoxy) is 2. The van der Waals surface area contributed by atoms with E-state index >= 15 is 0 Å². The predicted octanol–water partition coefficient (Wildman–Crippen LogP) is 4.25. The molecule has 24 heavy (non-hydrogen) atoms. The summed E-state index contributed by atoms with van der Waals surface area (Å²) in [4.78, 5) is 15.9. The van der Waals surface area contributed by atoms with Crippen molar-refractivity contribution < 1.29 is 14.3 Å². The lowest BCUT2D eigenvalue weighted by Crippen LogP contribution is -2.35. The van der Waals surface area contributed by atoms with Gasteiger partial charge in [0.15, 0.2) is 11.5 Å². The molecule has 0 unspecified atom stereocenters. The quantitative estimate of drug-likeness (QED) is 0.761. The molecule has 0 aromatic heterocycles. The van der Waals surface area contributed by atoms with Crippen LogP contribution in [-0.2, 0) is 0 Å². The van der Waals surface area contributed by atoms with Crippen LogP contribution in [0.1, 0.15) is 16.8 Å². The number of amides is 1. The third kappa shape index (κ3) is 2.94. The van der Waals surface area contributed by atoms with Gasteiger partial charge in [0, 0.05) is 34.2 Å². The smallest absolute Gasteiger partial charge is 0.258 e. The molecule has 0 saturated carbocycles. The standard InChI is InChI=1S/C18H16ClNO3S/c19-13-3-5-17-14(11-13)20(6-9-24-17)18(21)12-2-4-15-16(10-12)23-8-1-7-22-15/h2-5,10-11H,1,6-9H2. The summed E-state index contributed by atoms with van der Waals surface area (Å²) in [5.41, 5.74) is 1.47. The first kappa shape index (κ1) is 15.7. The molecule has 2 aliphatic rings. The predicted molar refractivity (Wildman–Crippen MR) is 95.9 cm³/mol. The van der Waals surface area contributed by atoms with E-state index in [2.05, 4.69) is 0 Å². The number of anilines is 1. The van der Waals surface area contributed by atoms with E-state index in [9.17, 15) is 4.79 Å². The second-order valence-electron chi connectivity index (χ2n) is 5.63. The number of thioether (sulfide) groups is 1. The van der Waals surface area contributed by atoms with Gasteiger partial charge in [-0.05, 0) is 36.4 Å². The van der Waals surface area contributed by atoms with Gasteiger partial charge in [0.05, 0.1) is 18.9 Å². The minimum atomic E-state index is -0.0468. The van der Waals surface area contributed by atoms with Crippen LogP contribution in [0.5, 0.6) is 11.5 Å². The molecular formula is C18H16ClNO3S. The average molecular weight is 362 g/mol. The van der Waals surface area contributed by atoms with E-state index in [1.807, 2.05) is 24.3 Å². The zero-order chi connectivity index (χ0) is 16.5. The largest absolute Gasteiger partial charge is 0.490 e. The highest BCUT2D eigenvalue weighted by atomic mass is 35.5. The SMILES string of the molecule is O=C(c1ccc2c(c1)OCCCO2)N1CCSc2ccc(Cl)cc21. The number of carbonyl (C=O) groups is 1. The van der Waals surface area contributed by atoms with Crippen LogP contribution >= 0.6 is 23.4 Å². The third-order valence-corrected chi connectivity index (χ3v) is 5.30. The molecule has 0 N–H and O–H groups in total. The van der Waals surface area contributed by atoms with Crippen molar-refractivity contribution in [2.75, 3.05) is 30.4 Å². The molecule has 0 spiro atoms. The van der Waals surface area contributed by atoms with E-state index in [1.165, 1.54) is 0 Å². The first-order chi connectivity index (χ1) is 11.7. The van der Waals surface area contributed by atoms with E-state index in [-0.39, 0.29) is 5.91 Å². The molecule has 2 aliphatic heterocycles. The second kappa shape index (κ2) is 6.57. The molecule has 0 bridgehead atoms. The van der Waals surface area contributed by atoms with Crippen LogP contribution in [0.3, 0.4) is 0 Å². The Kier molecular flexibility index (Phi) is 4.29. The molecule has 0 aliphatic carbocycles. The van der Waals surface area contributed by atoms with Crippen LogP contribution < -0.4 is 14.4 Å². The van der Waals surface area contributed by atoms with Gasteiger partial charge >= 0.3 is 0 Å². The number of benzene rings is 2.